The minimum atomic E-state index is -5.66. The molecule has 1 aromatic rings. The minimum Gasteiger partial charge on any atom is -0.298 e. The van der Waals surface area contributed by atoms with E-state index in [4.69, 9.17) is 0 Å². The van der Waals surface area contributed by atoms with Gasteiger partial charge in [-0.3, -0.25) is 4.79 Å². The molecule has 0 bridgehead atoms. The minimum absolute atomic E-state index is 0.0696. The molecule has 1 aromatic carbocycles. The zero-order chi connectivity index (χ0) is 13.3. The van der Waals surface area contributed by atoms with E-state index in [1.54, 1.807) is 0 Å². The molecular weight excluding hydrogens is 252 g/mol. The van der Waals surface area contributed by atoms with Gasteiger partial charge in [0, 0.05) is 5.56 Å². The molecule has 0 unspecified atom stereocenters. The van der Waals surface area contributed by atoms with E-state index in [2.05, 4.69) is 0 Å². The van der Waals surface area contributed by atoms with Crippen LogP contribution in [0.4, 0.5) is 32.0 Å². The van der Waals surface area contributed by atoms with Crippen LogP contribution in [0.25, 0.3) is 0 Å². The van der Waals surface area contributed by atoms with Crippen molar-refractivity contribution >= 4 is 12.0 Å². The number of carbonyl (C=O) groups is 1. The van der Waals surface area contributed by atoms with E-state index in [1.807, 2.05) is 0 Å². The largest absolute Gasteiger partial charge is 0.491 e. The van der Waals surface area contributed by atoms with E-state index >= 15 is 0 Å². The third-order valence-electron chi connectivity index (χ3n) is 1.81. The molecule has 0 N–H and O–H groups in total. The molecule has 0 aromatic heterocycles. The SMILES string of the molecule is O=Cc1ccccc1N(C(F)(F)F)C(F)(F)F. The number of carbonyl (C=O) groups excluding carboxylic acids is 1. The van der Waals surface area contributed by atoms with Crippen LogP contribution in [0.3, 0.4) is 0 Å². The highest BCUT2D eigenvalue weighted by Crippen LogP contribution is 2.39. The van der Waals surface area contributed by atoms with Crippen molar-refractivity contribution in [2.24, 2.45) is 0 Å². The van der Waals surface area contributed by atoms with Crippen LogP contribution in [0.1, 0.15) is 10.4 Å². The smallest absolute Gasteiger partial charge is 0.298 e. The van der Waals surface area contributed by atoms with Crippen molar-refractivity contribution < 1.29 is 31.1 Å². The average Bonchev–Trinajstić information content (AvgIpc) is 2.14. The Labute approximate surface area is 91.4 Å². The van der Waals surface area contributed by atoms with Gasteiger partial charge in [-0.2, -0.15) is 4.90 Å². The second-order valence-corrected chi connectivity index (χ2v) is 2.95. The summed E-state index contributed by atoms with van der Waals surface area (Å²) in [6, 6.07) is 3.59. The molecule has 2 nitrogen and oxygen atoms in total. The van der Waals surface area contributed by atoms with Gasteiger partial charge in [-0.05, 0) is 12.1 Å². The van der Waals surface area contributed by atoms with Crippen LogP contribution in [0.2, 0.25) is 0 Å². The summed E-state index contributed by atoms with van der Waals surface area (Å²) in [5.74, 6) is 0. The number of halogens is 6. The van der Waals surface area contributed by atoms with Crippen LogP contribution >= 0.6 is 0 Å². The third-order valence-corrected chi connectivity index (χ3v) is 1.81. The summed E-state index contributed by atoms with van der Waals surface area (Å²) in [6.45, 7) is 0. The van der Waals surface area contributed by atoms with E-state index in [9.17, 15) is 31.1 Å². The van der Waals surface area contributed by atoms with Crippen LogP contribution in [0, 0.1) is 0 Å². The Hall–Kier alpha value is -1.73. The Morgan fingerprint density at radius 1 is 0.941 bits per heavy atom. The molecule has 0 saturated carbocycles. The molecule has 0 aliphatic rings. The first-order chi connectivity index (χ1) is 7.68. The molecule has 0 saturated heterocycles. The fraction of sp³-hybridized carbons (Fsp3) is 0.222. The monoisotopic (exact) mass is 257 g/mol. The first-order valence-corrected chi connectivity index (χ1v) is 4.16. The third kappa shape index (κ3) is 2.89. The first-order valence-electron chi connectivity index (χ1n) is 4.16. The van der Waals surface area contributed by atoms with Crippen LogP contribution in [-0.4, -0.2) is 18.9 Å². The number of benzene rings is 1. The zero-order valence-corrected chi connectivity index (χ0v) is 8.01. The molecule has 0 amide bonds. The highest BCUT2D eigenvalue weighted by molar-refractivity contribution is 5.84. The number of anilines is 1. The number of rotatable bonds is 2. The van der Waals surface area contributed by atoms with Crippen molar-refractivity contribution in [1.82, 2.24) is 0 Å². The standard InChI is InChI=1S/C9H5F6NO/c10-8(11,12)16(9(13,14)15)7-4-2-1-3-6(7)5-17/h1-5H. The van der Waals surface area contributed by atoms with Crippen LogP contribution < -0.4 is 4.90 Å². The number of hydrogen-bond donors (Lipinski definition) is 0. The fourth-order valence-corrected chi connectivity index (χ4v) is 1.21. The maximum atomic E-state index is 12.3. The number of hydrogen-bond acceptors (Lipinski definition) is 2. The predicted octanol–water partition coefficient (Wildman–Crippen LogP) is 3.35. The second-order valence-electron chi connectivity index (χ2n) is 2.95. The number of nitrogens with zero attached hydrogens (tertiary/aromatic N) is 1. The fourth-order valence-electron chi connectivity index (χ4n) is 1.21. The Morgan fingerprint density at radius 2 is 1.41 bits per heavy atom. The number of para-hydroxylation sites is 1. The molecule has 8 heteroatoms. The Kier molecular flexibility index (Phi) is 3.35. The molecule has 0 aliphatic heterocycles. The van der Waals surface area contributed by atoms with E-state index in [-0.39, 0.29) is 6.29 Å². The maximum absolute atomic E-state index is 12.3. The zero-order valence-electron chi connectivity index (χ0n) is 8.01. The van der Waals surface area contributed by atoms with Gasteiger partial charge in [0.05, 0.1) is 5.69 Å². The van der Waals surface area contributed by atoms with E-state index in [0.717, 1.165) is 18.2 Å². The summed E-state index contributed by atoms with van der Waals surface area (Å²) < 4.78 is 73.8. The molecule has 1 rings (SSSR count). The highest BCUT2D eigenvalue weighted by atomic mass is 19.4. The Bertz CT molecular complexity index is 397. The molecule has 17 heavy (non-hydrogen) atoms. The molecule has 0 fully saturated rings. The van der Waals surface area contributed by atoms with Crippen LogP contribution in [0.15, 0.2) is 24.3 Å². The Morgan fingerprint density at radius 3 is 1.82 bits per heavy atom. The van der Waals surface area contributed by atoms with Crippen molar-refractivity contribution in [3.63, 3.8) is 0 Å². The summed E-state index contributed by atoms with van der Waals surface area (Å²) in [5, 5.41) is 0. The summed E-state index contributed by atoms with van der Waals surface area (Å²) in [6.07, 6.45) is -11.4. The topological polar surface area (TPSA) is 20.3 Å². The molecule has 0 heterocycles. The molecular formula is C9H5F6NO. The maximum Gasteiger partial charge on any atom is 0.491 e. The van der Waals surface area contributed by atoms with E-state index < -0.39 is 28.8 Å². The summed E-state index contributed by atoms with van der Waals surface area (Å²) in [5.41, 5.74) is -1.94. The second kappa shape index (κ2) is 4.27. The lowest BCUT2D eigenvalue weighted by Gasteiger charge is -2.29. The lowest BCUT2D eigenvalue weighted by molar-refractivity contribution is -0.226. The molecule has 0 radical (unpaired) electrons. The van der Waals surface area contributed by atoms with Crippen molar-refractivity contribution in [2.45, 2.75) is 12.6 Å². The van der Waals surface area contributed by atoms with Gasteiger partial charge in [0.2, 0.25) is 0 Å². The summed E-state index contributed by atoms with van der Waals surface area (Å²) in [4.78, 5) is 8.72. The summed E-state index contributed by atoms with van der Waals surface area (Å²) in [7, 11) is 0. The molecule has 0 spiro atoms. The van der Waals surface area contributed by atoms with Crippen molar-refractivity contribution in [3.05, 3.63) is 29.8 Å². The van der Waals surface area contributed by atoms with E-state index in [1.165, 1.54) is 0 Å². The van der Waals surface area contributed by atoms with Gasteiger partial charge >= 0.3 is 12.6 Å². The van der Waals surface area contributed by atoms with Crippen LogP contribution in [-0.2, 0) is 0 Å². The van der Waals surface area contributed by atoms with Crippen molar-refractivity contribution in [1.29, 1.82) is 0 Å². The summed E-state index contributed by atoms with van der Waals surface area (Å²) >= 11 is 0. The van der Waals surface area contributed by atoms with Crippen molar-refractivity contribution in [2.75, 3.05) is 4.90 Å². The van der Waals surface area contributed by atoms with Crippen LogP contribution in [0.5, 0.6) is 0 Å². The lowest BCUT2D eigenvalue weighted by Crippen LogP contribution is -2.48. The first kappa shape index (κ1) is 13.3. The van der Waals surface area contributed by atoms with Gasteiger partial charge in [-0.1, -0.05) is 12.1 Å². The average molecular weight is 257 g/mol. The van der Waals surface area contributed by atoms with Gasteiger partial charge in [0.1, 0.15) is 0 Å². The van der Waals surface area contributed by atoms with Crippen molar-refractivity contribution in [3.8, 4) is 0 Å². The van der Waals surface area contributed by atoms with Gasteiger partial charge in [0.15, 0.2) is 6.29 Å². The van der Waals surface area contributed by atoms with E-state index in [0.29, 0.717) is 6.07 Å². The number of aldehydes is 1. The van der Waals surface area contributed by atoms with Gasteiger partial charge in [-0.25, -0.2) is 0 Å². The normalized spacial score (nSPS) is 12.4. The highest BCUT2D eigenvalue weighted by Gasteiger charge is 2.54. The molecule has 0 aliphatic carbocycles. The van der Waals surface area contributed by atoms with Gasteiger partial charge in [-0.15, -0.1) is 26.3 Å². The number of alkyl halides is 6. The van der Waals surface area contributed by atoms with Gasteiger partial charge in [0.25, 0.3) is 0 Å². The predicted molar refractivity (Wildman–Crippen MR) is 46.4 cm³/mol. The molecule has 94 valence electrons. The molecule has 0 atom stereocenters. The Balaban J connectivity index is 3.38. The van der Waals surface area contributed by atoms with Gasteiger partial charge < -0.3 is 0 Å². The lowest BCUT2D eigenvalue weighted by atomic mass is 10.2. The quantitative estimate of drug-likeness (QED) is 0.460.